The topological polar surface area (TPSA) is 32.3 Å². The molecule has 0 fully saturated rings. The molecule has 1 aromatic carbocycles. The van der Waals surface area contributed by atoms with Gasteiger partial charge in [0, 0.05) is 22.1 Å². The first kappa shape index (κ1) is 15.5. The van der Waals surface area contributed by atoms with Crippen molar-refractivity contribution >= 4 is 21.6 Å². The third kappa shape index (κ3) is 3.48. The molecule has 0 unspecified atom stereocenters. The van der Waals surface area contributed by atoms with Crippen molar-refractivity contribution < 1.29 is 5.11 Å². The zero-order valence-corrected chi connectivity index (χ0v) is 13.4. The van der Waals surface area contributed by atoms with Crippen molar-refractivity contribution in [3.8, 4) is 0 Å². The summed E-state index contributed by atoms with van der Waals surface area (Å²) in [5, 5.41) is 13.0. The molecule has 0 aliphatic carbocycles. The first-order valence-corrected chi connectivity index (χ1v) is 7.38. The minimum Gasteiger partial charge on any atom is -0.396 e. The molecule has 2 N–H and O–H groups in total. The quantitative estimate of drug-likeness (QED) is 0.821. The predicted octanol–water partition coefficient (Wildman–Crippen LogP) is 4.28. The number of hydrogen-bond acceptors (Lipinski definition) is 2. The van der Waals surface area contributed by atoms with Gasteiger partial charge >= 0.3 is 0 Å². The molecule has 0 atom stereocenters. The highest BCUT2D eigenvalue weighted by Gasteiger charge is 2.24. The SMILES string of the molecule is CCC(CC)(CO)CNc1cc(C)c(Br)c(C)c1. The smallest absolute Gasteiger partial charge is 0.0504 e. The van der Waals surface area contributed by atoms with Gasteiger partial charge in [-0.15, -0.1) is 0 Å². The zero-order chi connectivity index (χ0) is 13.8. The lowest BCUT2D eigenvalue weighted by Crippen LogP contribution is -2.32. The molecule has 0 aliphatic rings. The van der Waals surface area contributed by atoms with Crippen molar-refractivity contribution in [3.05, 3.63) is 27.7 Å². The number of nitrogens with one attached hydrogen (secondary N) is 1. The van der Waals surface area contributed by atoms with Crippen molar-refractivity contribution in [2.45, 2.75) is 40.5 Å². The molecular formula is C15H24BrNO. The number of aliphatic hydroxyl groups excluding tert-OH is 1. The maximum atomic E-state index is 9.56. The van der Waals surface area contributed by atoms with Gasteiger partial charge in [-0.25, -0.2) is 0 Å². The van der Waals surface area contributed by atoms with E-state index < -0.39 is 0 Å². The lowest BCUT2D eigenvalue weighted by Gasteiger charge is -2.30. The van der Waals surface area contributed by atoms with E-state index in [1.54, 1.807) is 0 Å². The Bertz CT molecular complexity index is 368. The van der Waals surface area contributed by atoms with Crippen LogP contribution in [-0.2, 0) is 0 Å². The highest BCUT2D eigenvalue weighted by Crippen LogP contribution is 2.28. The molecular weight excluding hydrogens is 290 g/mol. The molecule has 1 aromatic rings. The maximum absolute atomic E-state index is 9.56. The van der Waals surface area contributed by atoms with E-state index in [1.807, 2.05) is 0 Å². The van der Waals surface area contributed by atoms with Crippen LogP contribution in [-0.4, -0.2) is 18.3 Å². The summed E-state index contributed by atoms with van der Waals surface area (Å²) < 4.78 is 1.17. The minimum atomic E-state index is -0.00508. The normalized spacial score (nSPS) is 11.7. The largest absolute Gasteiger partial charge is 0.396 e. The number of aliphatic hydroxyl groups is 1. The number of hydrogen-bond donors (Lipinski definition) is 2. The summed E-state index contributed by atoms with van der Waals surface area (Å²) in [5.74, 6) is 0. The van der Waals surface area contributed by atoms with Crippen LogP contribution in [0.3, 0.4) is 0 Å². The van der Waals surface area contributed by atoms with E-state index in [0.717, 1.165) is 25.1 Å². The van der Waals surface area contributed by atoms with Crippen LogP contribution < -0.4 is 5.32 Å². The van der Waals surface area contributed by atoms with Crippen LogP contribution in [0.4, 0.5) is 5.69 Å². The van der Waals surface area contributed by atoms with Gasteiger partial charge in [0.2, 0.25) is 0 Å². The number of aryl methyl sites for hydroxylation is 2. The first-order valence-electron chi connectivity index (χ1n) is 6.59. The van der Waals surface area contributed by atoms with E-state index >= 15 is 0 Å². The summed E-state index contributed by atoms with van der Waals surface area (Å²) in [6, 6.07) is 4.29. The van der Waals surface area contributed by atoms with Gasteiger partial charge in [0.25, 0.3) is 0 Å². The number of rotatable bonds is 6. The Morgan fingerprint density at radius 3 is 2.06 bits per heavy atom. The van der Waals surface area contributed by atoms with E-state index in [4.69, 9.17) is 0 Å². The molecule has 3 heteroatoms. The molecule has 0 radical (unpaired) electrons. The molecule has 0 heterocycles. The molecule has 2 nitrogen and oxygen atoms in total. The summed E-state index contributed by atoms with van der Waals surface area (Å²) in [5.41, 5.74) is 3.60. The standard InChI is InChI=1S/C15H24BrNO/c1-5-15(6-2,10-18)9-17-13-7-11(3)14(16)12(4)8-13/h7-8,17-18H,5-6,9-10H2,1-4H3. The lowest BCUT2D eigenvalue weighted by molar-refractivity contribution is 0.127. The van der Waals surface area contributed by atoms with E-state index in [2.05, 4.69) is 61.1 Å². The fraction of sp³-hybridized carbons (Fsp3) is 0.600. The number of anilines is 1. The Morgan fingerprint density at radius 1 is 1.17 bits per heavy atom. The average Bonchev–Trinajstić information content (AvgIpc) is 2.38. The Balaban J connectivity index is 2.80. The monoisotopic (exact) mass is 313 g/mol. The van der Waals surface area contributed by atoms with E-state index in [1.165, 1.54) is 15.6 Å². The molecule has 0 spiro atoms. The Morgan fingerprint density at radius 2 is 1.67 bits per heavy atom. The fourth-order valence-corrected chi connectivity index (χ4v) is 2.35. The minimum absolute atomic E-state index is 0.00508. The summed E-state index contributed by atoms with van der Waals surface area (Å²) in [7, 11) is 0. The molecule has 0 aromatic heterocycles. The van der Waals surface area contributed by atoms with Gasteiger partial charge in [-0.3, -0.25) is 0 Å². The molecule has 0 amide bonds. The lowest BCUT2D eigenvalue weighted by atomic mass is 9.83. The highest BCUT2D eigenvalue weighted by atomic mass is 79.9. The van der Waals surface area contributed by atoms with Crippen LogP contribution in [0.25, 0.3) is 0 Å². The summed E-state index contributed by atoms with van der Waals surface area (Å²) in [4.78, 5) is 0. The van der Waals surface area contributed by atoms with Gasteiger partial charge in [0.05, 0.1) is 6.61 Å². The highest BCUT2D eigenvalue weighted by molar-refractivity contribution is 9.10. The second kappa shape index (κ2) is 6.58. The molecule has 0 aliphatic heterocycles. The van der Waals surface area contributed by atoms with Crippen LogP contribution in [0.1, 0.15) is 37.8 Å². The second-order valence-corrected chi connectivity index (χ2v) is 5.94. The summed E-state index contributed by atoms with van der Waals surface area (Å²) in [6.45, 7) is 9.53. The van der Waals surface area contributed by atoms with Gasteiger partial charge in [-0.2, -0.15) is 0 Å². The van der Waals surface area contributed by atoms with Crippen LogP contribution in [0, 0.1) is 19.3 Å². The molecule has 0 bridgehead atoms. The maximum Gasteiger partial charge on any atom is 0.0504 e. The van der Waals surface area contributed by atoms with Crippen molar-refractivity contribution in [2.24, 2.45) is 5.41 Å². The molecule has 1 rings (SSSR count). The Kier molecular flexibility index (Phi) is 5.67. The molecule has 0 saturated carbocycles. The second-order valence-electron chi connectivity index (χ2n) is 5.14. The van der Waals surface area contributed by atoms with Crippen LogP contribution in [0.5, 0.6) is 0 Å². The van der Waals surface area contributed by atoms with E-state index in [9.17, 15) is 5.11 Å². The van der Waals surface area contributed by atoms with E-state index in [-0.39, 0.29) is 12.0 Å². The van der Waals surface area contributed by atoms with Crippen molar-refractivity contribution in [1.82, 2.24) is 0 Å². The van der Waals surface area contributed by atoms with Crippen LogP contribution in [0.15, 0.2) is 16.6 Å². The van der Waals surface area contributed by atoms with Gasteiger partial charge in [-0.1, -0.05) is 29.8 Å². The van der Waals surface area contributed by atoms with Gasteiger partial charge < -0.3 is 10.4 Å². The van der Waals surface area contributed by atoms with Gasteiger partial charge in [-0.05, 0) is 49.9 Å². The van der Waals surface area contributed by atoms with Gasteiger partial charge in [0.1, 0.15) is 0 Å². The average molecular weight is 314 g/mol. The van der Waals surface area contributed by atoms with Crippen LogP contribution >= 0.6 is 15.9 Å². The fourth-order valence-electron chi connectivity index (χ4n) is 2.12. The summed E-state index contributed by atoms with van der Waals surface area (Å²) >= 11 is 3.58. The van der Waals surface area contributed by atoms with Crippen LogP contribution in [0.2, 0.25) is 0 Å². The Hall–Kier alpha value is -0.540. The Labute approximate surface area is 119 Å². The summed E-state index contributed by atoms with van der Waals surface area (Å²) in [6.07, 6.45) is 1.98. The third-order valence-electron chi connectivity index (χ3n) is 3.94. The third-order valence-corrected chi connectivity index (χ3v) is 5.19. The predicted molar refractivity (Wildman–Crippen MR) is 82.2 cm³/mol. The number of benzene rings is 1. The molecule has 18 heavy (non-hydrogen) atoms. The van der Waals surface area contributed by atoms with Gasteiger partial charge in [0.15, 0.2) is 0 Å². The molecule has 102 valence electrons. The first-order chi connectivity index (χ1) is 8.48. The van der Waals surface area contributed by atoms with E-state index in [0.29, 0.717) is 0 Å². The zero-order valence-electron chi connectivity index (χ0n) is 11.8. The van der Waals surface area contributed by atoms with Crippen molar-refractivity contribution in [2.75, 3.05) is 18.5 Å². The molecule has 0 saturated heterocycles. The van der Waals surface area contributed by atoms with Crippen molar-refractivity contribution in [3.63, 3.8) is 0 Å². The van der Waals surface area contributed by atoms with Crippen molar-refractivity contribution in [1.29, 1.82) is 0 Å². The number of halogens is 1.